The second-order valence-electron chi connectivity index (χ2n) is 6.93. The molecule has 0 aliphatic heterocycles. The molecule has 3 N–H and O–H groups in total. The monoisotopic (exact) mass is 413 g/mol. The highest BCUT2D eigenvalue weighted by Crippen LogP contribution is 2.38. The Morgan fingerprint density at radius 2 is 1.76 bits per heavy atom. The standard InChI is InChI=1S/C22H27N3O3S/c1-28-17-12-10-16(11-13-17)24-22(27)23-15-14-21(26)25-19-8-4-5-9-20(19)29-18-6-2-3-7-18/h4-5,8-13,18H,2-3,6-7,14-15H2,1H3,(H,25,26)(H2,23,24,27). The first-order chi connectivity index (χ1) is 14.1. The van der Waals surface area contributed by atoms with Gasteiger partial charge in [0.15, 0.2) is 0 Å². The molecule has 6 nitrogen and oxygen atoms in total. The fraction of sp³-hybridized carbons (Fsp3) is 0.364. The van der Waals surface area contributed by atoms with Crippen molar-refractivity contribution in [1.29, 1.82) is 0 Å². The van der Waals surface area contributed by atoms with Crippen LogP contribution in [0.3, 0.4) is 0 Å². The third-order valence-corrected chi connectivity index (χ3v) is 6.16. The Labute approximate surface area is 175 Å². The maximum atomic E-state index is 12.3. The maximum absolute atomic E-state index is 12.3. The minimum atomic E-state index is -0.347. The van der Waals surface area contributed by atoms with Crippen molar-refractivity contribution >= 4 is 35.1 Å². The Morgan fingerprint density at radius 1 is 1.03 bits per heavy atom. The van der Waals surface area contributed by atoms with E-state index in [-0.39, 0.29) is 24.9 Å². The molecule has 0 atom stereocenters. The highest BCUT2D eigenvalue weighted by molar-refractivity contribution is 8.00. The van der Waals surface area contributed by atoms with Crippen LogP contribution in [0.1, 0.15) is 32.1 Å². The van der Waals surface area contributed by atoms with Gasteiger partial charge in [0.25, 0.3) is 0 Å². The zero-order chi connectivity index (χ0) is 20.5. The first kappa shape index (κ1) is 21.0. The summed E-state index contributed by atoms with van der Waals surface area (Å²) in [5.74, 6) is 0.605. The van der Waals surface area contributed by atoms with E-state index in [1.807, 2.05) is 30.0 Å². The molecule has 7 heteroatoms. The van der Waals surface area contributed by atoms with Gasteiger partial charge in [-0.1, -0.05) is 25.0 Å². The van der Waals surface area contributed by atoms with Crippen molar-refractivity contribution in [3.8, 4) is 5.75 Å². The lowest BCUT2D eigenvalue weighted by atomic mass is 10.3. The van der Waals surface area contributed by atoms with Crippen molar-refractivity contribution in [1.82, 2.24) is 5.32 Å². The fourth-order valence-electron chi connectivity index (χ4n) is 3.21. The normalized spacial score (nSPS) is 13.7. The van der Waals surface area contributed by atoms with E-state index in [9.17, 15) is 9.59 Å². The van der Waals surface area contributed by atoms with Crippen LogP contribution in [0.2, 0.25) is 0 Å². The molecule has 0 spiro atoms. The third kappa shape index (κ3) is 6.71. The number of methoxy groups -OCH3 is 1. The second-order valence-corrected chi connectivity index (χ2v) is 8.27. The van der Waals surface area contributed by atoms with Gasteiger partial charge in [0, 0.05) is 28.8 Å². The summed E-state index contributed by atoms with van der Waals surface area (Å²) >= 11 is 1.85. The van der Waals surface area contributed by atoms with Gasteiger partial charge in [-0.05, 0) is 49.2 Å². The Balaban J connectivity index is 1.42. The molecule has 3 amide bonds. The van der Waals surface area contributed by atoms with Gasteiger partial charge < -0.3 is 20.7 Å². The average molecular weight is 414 g/mol. The molecule has 0 heterocycles. The van der Waals surface area contributed by atoms with Crippen LogP contribution in [-0.4, -0.2) is 30.8 Å². The van der Waals surface area contributed by atoms with Crippen LogP contribution in [0, 0.1) is 0 Å². The molecule has 1 aliphatic carbocycles. The predicted octanol–water partition coefficient (Wildman–Crippen LogP) is 4.88. The Bertz CT molecular complexity index is 820. The number of hydrogen-bond donors (Lipinski definition) is 3. The first-order valence-corrected chi connectivity index (χ1v) is 10.8. The van der Waals surface area contributed by atoms with Crippen molar-refractivity contribution in [3.63, 3.8) is 0 Å². The van der Waals surface area contributed by atoms with Gasteiger partial charge in [-0.2, -0.15) is 0 Å². The van der Waals surface area contributed by atoms with E-state index in [1.165, 1.54) is 25.7 Å². The van der Waals surface area contributed by atoms with Gasteiger partial charge in [0.1, 0.15) is 5.75 Å². The summed E-state index contributed by atoms with van der Waals surface area (Å²) in [5, 5.41) is 9.04. The van der Waals surface area contributed by atoms with Crippen LogP contribution in [-0.2, 0) is 4.79 Å². The SMILES string of the molecule is COc1ccc(NC(=O)NCCC(=O)Nc2ccccc2SC2CCCC2)cc1. The number of rotatable bonds is 8. The lowest BCUT2D eigenvalue weighted by Crippen LogP contribution is -2.31. The van der Waals surface area contributed by atoms with Crippen LogP contribution in [0.5, 0.6) is 5.75 Å². The number of benzene rings is 2. The number of hydrogen-bond acceptors (Lipinski definition) is 4. The van der Waals surface area contributed by atoms with Crippen LogP contribution >= 0.6 is 11.8 Å². The van der Waals surface area contributed by atoms with Crippen molar-refractivity contribution in [2.45, 2.75) is 42.2 Å². The molecule has 0 aromatic heterocycles. The number of anilines is 2. The molecule has 1 aliphatic rings. The Hall–Kier alpha value is -2.67. The molecule has 29 heavy (non-hydrogen) atoms. The number of amides is 3. The second kappa shape index (κ2) is 10.8. The van der Waals surface area contributed by atoms with Crippen LogP contribution in [0.15, 0.2) is 53.4 Å². The zero-order valence-corrected chi connectivity index (χ0v) is 17.4. The third-order valence-electron chi connectivity index (χ3n) is 4.74. The lowest BCUT2D eigenvalue weighted by molar-refractivity contribution is -0.116. The summed E-state index contributed by atoms with van der Waals surface area (Å²) in [4.78, 5) is 25.4. The van der Waals surface area contributed by atoms with Gasteiger partial charge in [-0.15, -0.1) is 11.8 Å². The molecule has 2 aromatic carbocycles. The number of para-hydroxylation sites is 1. The number of urea groups is 1. The van der Waals surface area contributed by atoms with Crippen LogP contribution < -0.4 is 20.7 Å². The smallest absolute Gasteiger partial charge is 0.319 e. The predicted molar refractivity (Wildman–Crippen MR) is 118 cm³/mol. The molecule has 1 fully saturated rings. The van der Waals surface area contributed by atoms with Crippen molar-refractivity contribution < 1.29 is 14.3 Å². The largest absolute Gasteiger partial charge is 0.497 e. The average Bonchev–Trinajstić information content (AvgIpc) is 3.23. The topological polar surface area (TPSA) is 79.5 Å². The van der Waals surface area contributed by atoms with E-state index < -0.39 is 0 Å². The number of carbonyl (C=O) groups is 2. The van der Waals surface area contributed by atoms with Crippen LogP contribution in [0.4, 0.5) is 16.2 Å². The van der Waals surface area contributed by atoms with E-state index in [2.05, 4.69) is 22.0 Å². The number of thioether (sulfide) groups is 1. The summed E-state index contributed by atoms with van der Waals surface area (Å²) < 4.78 is 5.09. The van der Waals surface area contributed by atoms with Gasteiger partial charge >= 0.3 is 6.03 Å². The summed E-state index contributed by atoms with van der Waals surface area (Å²) in [6.45, 7) is 0.256. The summed E-state index contributed by atoms with van der Waals surface area (Å²) in [5.41, 5.74) is 1.50. The summed E-state index contributed by atoms with van der Waals surface area (Å²) in [6, 6.07) is 14.6. The minimum Gasteiger partial charge on any atom is -0.497 e. The molecule has 0 saturated heterocycles. The summed E-state index contributed by atoms with van der Waals surface area (Å²) in [7, 11) is 1.59. The number of carbonyl (C=O) groups excluding carboxylic acids is 2. The van der Waals surface area contributed by atoms with Crippen molar-refractivity contribution in [3.05, 3.63) is 48.5 Å². The zero-order valence-electron chi connectivity index (χ0n) is 16.6. The quantitative estimate of drug-likeness (QED) is 0.576. The molecular weight excluding hydrogens is 386 g/mol. The highest BCUT2D eigenvalue weighted by Gasteiger charge is 2.18. The van der Waals surface area contributed by atoms with Gasteiger partial charge in [-0.25, -0.2) is 4.79 Å². The van der Waals surface area contributed by atoms with Crippen LogP contribution in [0.25, 0.3) is 0 Å². The molecule has 0 unspecified atom stereocenters. The van der Waals surface area contributed by atoms with E-state index in [4.69, 9.17) is 4.74 Å². The van der Waals surface area contributed by atoms with E-state index >= 15 is 0 Å². The van der Waals surface area contributed by atoms with E-state index in [0.29, 0.717) is 10.9 Å². The molecule has 0 radical (unpaired) electrons. The highest BCUT2D eigenvalue weighted by atomic mass is 32.2. The molecule has 2 aromatic rings. The molecule has 154 valence electrons. The van der Waals surface area contributed by atoms with Gasteiger partial charge in [-0.3, -0.25) is 4.79 Å². The minimum absolute atomic E-state index is 0.116. The lowest BCUT2D eigenvalue weighted by Gasteiger charge is -2.14. The number of nitrogens with one attached hydrogen (secondary N) is 3. The van der Waals surface area contributed by atoms with E-state index in [0.717, 1.165) is 16.3 Å². The number of ether oxygens (including phenoxy) is 1. The molecular formula is C22H27N3O3S. The molecule has 1 saturated carbocycles. The van der Waals surface area contributed by atoms with E-state index in [1.54, 1.807) is 31.4 Å². The first-order valence-electron chi connectivity index (χ1n) is 9.88. The molecule has 3 rings (SSSR count). The fourth-order valence-corrected chi connectivity index (χ4v) is 4.54. The van der Waals surface area contributed by atoms with Crippen molar-refractivity contribution in [2.24, 2.45) is 0 Å². The van der Waals surface area contributed by atoms with Gasteiger partial charge in [0.2, 0.25) is 5.91 Å². The Kier molecular flexibility index (Phi) is 7.81. The van der Waals surface area contributed by atoms with Gasteiger partial charge in [0.05, 0.1) is 12.8 Å². The Morgan fingerprint density at radius 3 is 2.48 bits per heavy atom. The summed E-state index contributed by atoms with van der Waals surface area (Å²) in [6.07, 6.45) is 5.26. The maximum Gasteiger partial charge on any atom is 0.319 e. The van der Waals surface area contributed by atoms with Crippen molar-refractivity contribution in [2.75, 3.05) is 24.3 Å². The molecule has 0 bridgehead atoms.